The largest absolute Gasteiger partial charge is 0.290 e. The highest BCUT2D eigenvalue weighted by Gasteiger charge is 2.25. The second kappa shape index (κ2) is 6.69. The predicted molar refractivity (Wildman–Crippen MR) is 89.5 cm³/mol. The van der Waals surface area contributed by atoms with Crippen LogP contribution in [0.1, 0.15) is 22.1 Å². The van der Waals surface area contributed by atoms with Gasteiger partial charge in [-0.05, 0) is 24.3 Å². The van der Waals surface area contributed by atoms with Crippen molar-refractivity contribution >= 4 is 28.7 Å². The van der Waals surface area contributed by atoms with E-state index < -0.39 is 5.92 Å². The van der Waals surface area contributed by atoms with Crippen LogP contribution in [0, 0.1) is 11.3 Å². The number of halogens is 1. The fourth-order valence-electron chi connectivity index (χ4n) is 2.09. The number of pyridine rings is 1. The smallest absolute Gasteiger partial charge is 0.205 e. The summed E-state index contributed by atoms with van der Waals surface area (Å²) in [5.74, 6) is -1.30. The summed E-state index contributed by atoms with van der Waals surface area (Å²) in [6.07, 6.45) is 1.56. The van der Waals surface area contributed by atoms with Crippen LogP contribution in [-0.2, 0) is 0 Å². The highest BCUT2D eigenvalue weighted by Crippen LogP contribution is 2.28. The lowest BCUT2D eigenvalue weighted by Gasteiger charge is -2.05. The average molecular weight is 340 g/mol. The van der Waals surface area contributed by atoms with E-state index in [9.17, 15) is 10.1 Å². The van der Waals surface area contributed by atoms with Gasteiger partial charge in [-0.25, -0.2) is 4.98 Å². The fourth-order valence-corrected chi connectivity index (χ4v) is 3.09. The number of rotatable bonds is 4. The number of Topliss-reactive ketones (excluding diaryl/α,β-unsaturated/α-hetero) is 1. The van der Waals surface area contributed by atoms with Crippen molar-refractivity contribution < 1.29 is 4.79 Å². The minimum absolute atomic E-state index is 0.266. The molecule has 0 aliphatic heterocycles. The predicted octanol–water partition coefficient (Wildman–Crippen LogP) is 4.35. The first-order valence-corrected chi connectivity index (χ1v) is 8.01. The normalized spacial score (nSPS) is 11.7. The van der Waals surface area contributed by atoms with Crippen LogP contribution in [0.15, 0.2) is 54.0 Å². The first-order chi connectivity index (χ1) is 11.2. The maximum absolute atomic E-state index is 12.5. The van der Waals surface area contributed by atoms with Crippen molar-refractivity contribution in [1.29, 1.82) is 5.26 Å². The second-order valence-electron chi connectivity index (χ2n) is 4.73. The fraction of sp³-hybridized carbons (Fsp3) is 0.0588. The Hall–Kier alpha value is -2.55. The van der Waals surface area contributed by atoms with Crippen molar-refractivity contribution in [3.8, 4) is 16.6 Å². The van der Waals surface area contributed by atoms with Gasteiger partial charge in [0.15, 0.2) is 5.92 Å². The first-order valence-electron chi connectivity index (χ1n) is 6.75. The lowest BCUT2D eigenvalue weighted by molar-refractivity contribution is 0.0973. The summed E-state index contributed by atoms with van der Waals surface area (Å²) in [7, 11) is 0. The van der Waals surface area contributed by atoms with Gasteiger partial charge >= 0.3 is 0 Å². The highest BCUT2D eigenvalue weighted by molar-refractivity contribution is 7.13. The molecule has 1 aromatic carbocycles. The molecule has 3 aromatic rings. The molecule has 23 heavy (non-hydrogen) atoms. The molecule has 0 unspecified atom stereocenters. The van der Waals surface area contributed by atoms with Crippen LogP contribution in [0.5, 0.6) is 0 Å². The molecule has 0 fully saturated rings. The Kier molecular flexibility index (Phi) is 4.47. The summed E-state index contributed by atoms with van der Waals surface area (Å²) in [6.45, 7) is 0. The van der Waals surface area contributed by atoms with E-state index in [2.05, 4.69) is 9.97 Å². The third-order valence-electron chi connectivity index (χ3n) is 3.20. The molecular weight excluding hydrogens is 330 g/mol. The summed E-state index contributed by atoms with van der Waals surface area (Å²) in [5.41, 5.74) is 1.53. The number of thiazole rings is 1. The molecule has 0 amide bonds. The first kappa shape index (κ1) is 15.3. The Morgan fingerprint density at radius 3 is 2.83 bits per heavy atom. The Morgan fingerprint density at radius 2 is 2.13 bits per heavy atom. The van der Waals surface area contributed by atoms with Crippen LogP contribution in [-0.4, -0.2) is 15.8 Å². The van der Waals surface area contributed by atoms with Crippen LogP contribution in [0.4, 0.5) is 0 Å². The molecule has 112 valence electrons. The monoisotopic (exact) mass is 339 g/mol. The molecular formula is C17H10ClN3OS. The molecule has 6 heteroatoms. The number of carbonyl (C=O) groups excluding carboxylic acids is 1. The topological polar surface area (TPSA) is 66.6 Å². The van der Waals surface area contributed by atoms with Crippen molar-refractivity contribution in [2.45, 2.75) is 5.92 Å². The number of aromatic nitrogens is 2. The van der Waals surface area contributed by atoms with E-state index in [1.54, 1.807) is 41.9 Å². The van der Waals surface area contributed by atoms with Crippen LogP contribution in [0.25, 0.3) is 10.6 Å². The number of ketones is 1. The zero-order chi connectivity index (χ0) is 16.2. The Morgan fingerprint density at radius 1 is 1.26 bits per heavy atom. The van der Waals surface area contributed by atoms with E-state index in [4.69, 9.17) is 11.6 Å². The van der Waals surface area contributed by atoms with Crippen molar-refractivity contribution in [2.24, 2.45) is 0 Å². The zero-order valence-electron chi connectivity index (χ0n) is 11.8. The van der Waals surface area contributed by atoms with Gasteiger partial charge in [-0.3, -0.25) is 9.78 Å². The minimum atomic E-state index is -0.953. The van der Waals surface area contributed by atoms with E-state index in [0.29, 0.717) is 15.7 Å². The lowest BCUT2D eigenvalue weighted by Crippen LogP contribution is -2.12. The molecule has 0 aliphatic rings. The Bertz CT molecular complexity index is 886. The number of benzene rings is 1. The average Bonchev–Trinajstić information content (AvgIpc) is 3.06. The quantitative estimate of drug-likeness (QED) is 0.663. The maximum atomic E-state index is 12.5. The van der Waals surface area contributed by atoms with Gasteiger partial charge in [-0.2, -0.15) is 5.26 Å². The van der Waals surface area contributed by atoms with Crippen molar-refractivity contribution in [2.75, 3.05) is 0 Å². The number of hydrogen-bond acceptors (Lipinski definition) is 5. The number of carbonyl (C=O) groups is 1. The van der Waals surface area contributed by atoms with E-state index in [0.717, 1.165) is 5.56 Å². The van der Waals surface area contributed by atoms with Gasteiger partial charge in [0, 0.05) is 22.2 Å². The molecule has 1 atom stereocenters. The van der Waals surface area contributed by atoms with Crippen LogP contribution in [0.3, 0.4) is 0 Å². The summed E-state index contributed by atoms with van der Waals surface area (Å²) in [6, 6.07) is 14.4. The lowest BCUT2D eigenvalue weighted by atomic mass is 9.99. The molecule has 3 rings (SSSR count). The summed E-state index contributed by atoms with van der Waals surface area (Å²) < 4.78 is 0. The van der Waals surface area contributed by atoms with E-state index in [1.807, 2.05) is 18.2 Å². The van der Waals surface area contributed by atoms with Crippen molar-refractivity contribution in [3.63, 3.8) is 0 Å². The molecule has 0 aliphatic carbocycles. The summed E-state index contributed by atoms with van der Waals surface area (Å²) >= 11 is 7.32. The van der Waals surface area contributed by atoms with Gasteiger partial charge in [-0.15, -0.1) is 11.3 Å². The summed E-state index contributed by atoms with van der Waals surface area (Å²) in [5, 5.41) is 12.3. The number of nitriles is 1. The van der Waals surface area contributed by atoms with Crippen molar-refractivity contribution in [1.82, 2.24) is 9.97 Å². The van der Waals surface area contributed by atoms with Crippen LogP contribution >= 0.6 is 22.9 Å². The highest BCUT2D eigenvalue weighted by atomic mass is 35.5. The number of hydrogen-bond donors (Lipinski definition) is 0. The maximum Gasteiger partial charge on any atom is 0.205 e. The van der Waals surface area contributed by atoms with Gasteiger partial charge in [0.1, 0.15) is 10.7 Å². The van der Waals surface area contributed by atoms with Crippen LogP contribution in [0.2, 0.25) is 5.02 Å². The molecule has 2 heterocycles. The molecule has 2 aromatic heterocycles. The van der Waals surface area contributed by atoms with Gasteiger partial charge in [0.25, 0.3) is 0 Å². The zero-order valence-corrected chi connectivity index (χ0v) is 13.4. The van der Waals surface area contributed by atoms with Crippen molar-refractivity contribution in [3.05, 3.63) is 70.5 Å². The van der Waals surface area contributed by atoms with E-state index in [1.165, 1.54) is 11.3 Å². The molecule has 0 saturated heterocycles. The third kappa shape index (κ3) is 3.29. The third-order valence-corrected chi connectivity index (χ3v) is 4.33. The minimum Gasteiger partial charge on any atom is -0.290 e. The Labute approximate surface area is 142 Å². The molecule has 0 bridgehead atoms. The van der Waals surface area contributed by atoms with Crippen LogP contribution < -0.4 is 0 Å². The van der Waals surface area contributed by atoms with Gasteiger partial charge in [0.05, 0.1) is 11.8 Å². The summed E-state index contributed by atoms with van der Waals surface area (Å²) in [4.78, 5) is 21.0. The van der Waals surface area contributed by atoms with Gasteiger partial charge < -0.3 is 0 Å². The molecule has 4 nitrogen and oxygen atoms in total. The van der Waals surface area contributed by atoms with Gasteiger partial charge in [0.2, 0.25) is 5.78 Å². The Balaban J connectivity index is 1.91. The molecule has 0 saturated carbocycles. The van der Waals surface area contributed by atoms with E-state index in [-0.39, 0.29) is 11.5 Å². The second-order valence-corrected chi connectivity index (χ2v) is 6.02. The van der Waals surface area contributed by atoms with E-state index >= 15 is 0 Å². The molecule has 0 spiro atoms. The molecule has 0 N–H and O–H groups in total. The SMILES string of the molecule is N#C[C@H](C(=O)c1csc(-c2cccc(Cl)c2)n1)c1ccccn1. The van der Waals surface area contributed by atoms with Gasteiger partial charge in [-0.1, -0.05) is 29.8 Å². The standard InChI is InChI=1S/C17H10ClN3OS/c18-12-5-3-4-11(8-12)17-21-15(10-23-17)16(22)13(9-19)14-6-1-2-7-20-14/h1-8,10,13H/t13-/m0/s1. The number of nitrogens with zero attached hydrogens (tertiary/aromatic N) is 3. The molecule has 0 radical (unpaired) electrons.